The molecule has 24 heavy (non-hydrogen) atoms. The van der Waals surface area contributed by atoms with E-state index < -0.39 is 5.54 Å². The highest BCUT2D eigenvalue weighted by Gasteiger charge is 2.26. The van der Waals surface area contributed by atoms with Crippen molar-refractivity contribution in [2.75, 3.05) is 18.0 Å². The first-order valence-corrected chi connectivity index (χ1v) is 8.12. The summed E-state index contributed by atoms with van der Waals surface area (Å²) >= 11 is 0. The number of piperidine rings is 1. The average Bonchev–Trinajstić information content (AvgIpc) is 3.23. The van der Waals surface area contributed by atoms with Gasteiger partial charge < -0.3 is 15.6 Å². The highest BCUT2D eigenvalue weighted by molar-refractivity contribution is 5.82. The minimum atomic E-state index is -0.466. The fraction of sp³-hybridized carbons (Fsp3) is 0.533. The number of aromatic amines is 1. The molecule has 0 unspecified atom stereocenters. The molecule has 0 atom stereocenters. The van der Waals surface area contributed by atoms with Gasteiger partial charge in [-0.05, 0) is 26.7 Å². The Balaban J connectivity index is 1.49. The highest BCUT2D eigenvalue weighted by Crippen LogP contribution is 2.28. The number of rotatable bonds is 3. The fourth-order valence-corrected chi connectivity index (χ4v) is 3.08. The maximum atomic E-state index is 6.09. The SMILES string of the molecule is CC(C)(N)c1cn(C2CCN(c3ncnc4nc[nH]c34)CC2)nn1. The van der Waals surface area contributed by atoms with Gasteiger partial charge in [0.2, 0.25) is 0 Å². The van der Waals surface area contributed by atoms with Gasteiger partial charge in [0.15, 0.2) is 11.5 Å². The van der Waals surface area contributed by atoms with Crippen molar-refractivity contribution in [3.63, 3.8) is 0 Å². The van der Waals surface area contributed by atoms with Crippen molar-refractivity contribution in [3.05, 3.63) is 24.5 Å². The summed E-state index contributed by atoms with van der Waals surface area (Å²) in [7, 11) is 0. The molecule has 1 aliphatic heterocycles. The summed E-state index contributed by atoms with van der Waals surface area (Å²) in [6, 6.07) is 0.337. The van der Waals surface area contributed by atoms with Crippen LogP contribution in [0.1, 0.15) is 38.4 Å². The van der Waals surface area contributed by atoms with E-state index in [1.165, 1.54) is 0 Å². The molecule has 3 N–H and O–H groups in total. The number of fused-ring (bicyclic) bond motifs is 1. The zero-order chi connectivity index (χ0) is 16.7. The Kier molecular flexibility index (Phi) is 3.45. The van der Waals surface area contributed by atoms with Gasteiger partial charge in [0, 0.05) is 13.1 Å². The topological polar surface area (TPSA) is 114 Å². The smallest absolute Gasteiger partial charge is 0.182 e. The molecule has 1 fully saturated rings. The third-order valence-electron chi connectivity index (χ3n) is 4.51. The number of H-pyrrole nitrogens is 1. The van der Waals surface area contributed by atoms with Crippen LogP contribution in [-0.4, -0.2) is 48.0 Å². The average molecular weight is 327 g/mol. The Morgan fingerprint density at radius 3 is 2.71 bits per heavy atom. The first-order chi connectivity index (χ1) is 11.5. The quantitative estimate of drug-likeness (QED) is 0.737. The fourth-order valence-electron chi connectivity index (χ4n) is 3.08. The number of anilines is 1. The number of hydrogen-bond acceptors (Lipinski definition) is 7. The van der Waals surface area contributed by atoms with Crippen LogP contribution in [0.2, 0.25) is 0 Å². The van der Waals surface area contributed by atoms with Crippen molar-refractivity contribution >= 4 is 17.0 Å². The summed E-state index contributed by atoms with van der Waals surface area (Å²) < 4.78 is 1.95. The largest absolute Gasteiger partial charge is 0.355 e. The van der Waals surface area contributed by atoms with Gasteiger partial charge in [-0.2, -0.15) is 0 Å². The Bertz CT molecular complexity index is 836. The Morgan fingerprint density at radius 2 is 2.00 bits per heavy atom. The minimum absolute atomic E-state index is 0.337. The lowest BCUT2D eigenvalue weighted by molar-refractivity contribution is 0.359. The van der Waals surface area contributed by atoms with E-state index >= 15 is 0 Å². The summed E-state index contributed by atoms with van der Waals surface area (Å²) in [5.74, 6) is 0.915. The van der Waals surface area contributed by atoms with Crippen LogP contribution in [0.15, 0.2) is 18.9 Å². The molecule has 9 nitrogen and oxygen atoms in total. The second-order valence-electron chi connectivity index (χ2n) is 6.82. The Hall–Kier alpha value is -2.55. The minimum Gasteiger partial charge on any atom is -0.355 e. The normalized spacial score (nSPS) is 16.9. The van der Waals surface area contributed by atoms with Crippen molar-refractivity contribution in [2.45, 2.75) is 38.3 Å². The van der Waals surface area contributed by atoms with E-state index in [0.29, 0.717) is 11.7 Å². The molecule has 1 saturated heterocycles. The third-order valence-corrected chi connectivity index (χ3v) is 4.51. The molecule has 9 heteroatoms. The van der Waals surface area contributed by atoms with Gasteiger partial charge in [-0.3, -0.25) is 0 Å². The Morgan fingerprint density at radius 1 is 1.21 bits per heavy atom. The monoisotopic (exact) mass is 327 g/mol. The van der Waals surface area contributed by atoms with Crippen LogP contribution in [-0.2, 0) is 5.54 Å². The number of imidazole rings is 1. The summed E-state index contributed by atoms with van der Waals surface area (Å²) in [6.07, 6.45) is 7.15. The van der Waals surface area contributed by atoms with Crippen LogP contribution in [0.4, 0.5) is 5.82 Å². The van der Waals surface area contributed by atoms with Gasteiger partial charge in [-0.1, -0.05) is 5.21 Å². The van der Waals surface area contributed by atoms with Crippen LogP contribution in [0.25, 0.3) is 11.2 Å². The molecule has 3 aromatic rings. The first kappa shape index (κ1) is 15.0. The summed E-state index contributed by atoms with van der Waals surface area (Å²) in [4.78, 5) is 18.2. The van der Waals surface area contributed by atoms with E-state index in [-0.39, 0.29) is 0 Å². The van der Waals surface area contributed by atoms with Crippen LogP contribution in [0, 0.1) is 0 Å². The Labute approximate surface area is 139 Å². The summed E-state index contributed by atoms with van der Waals surface area (Å²) in [6.45, 7) is 5.68. The predicted molar refractivity (Wildman–Crippen MR) is 89.4 cm³/mol. The second kappa shape index (κ2) is 5.52. The number of nitrogens with two attached hydrogens (primary N) is 1. The molecule has 0 aliphatic carbocycles. The number of aromatic nitrogens is 7. The second-order valence-corrected chi connectivity index (χ2v) is 6.82. The number of nitrogens with zero attached hydrogens (tertiary/aromatic N) is 7. The molecule has 4 heterocycles. The third kappa shape index (κ3) is 2.60. The molecule has 0 amide bonds. The van der Waals surface area contributed by atoms with Crippen LogP contribution >= 0.6 is 0 Å². The van der Waals surface area contributed by atoms with Gasteiger partial charge in [-0.25, -0.2) is 19.6 Å². The van der Waals surface area contributed by atoms with Crippen molar-refractivity contribution in [1.82, 2.24) is 34.9 Å². The first-order valence-electron chi connectivity index (χ1n) is 8.12. The lowest BCUT2D eigenvalue weighted by Gasteiger charge is -2.32. The molecule has 3 aromatic heterocycles. The standard InChI is InChI=1S/C15H21N9/c1-15(2,16)11-7-24(22-21-11)10-3-5-23(6-4-10)14-12-13(18-8-17-12)19-9-20-14/h7-10H,3-6,16H2,1-2H3,(H,17,18,19,20). The zero-order valence-corrected chi connectivity index (χ0v) is 13.8. The van der Waals surface area contributed by atoms with E-state index in [9.17, 15) is 0 Å². The summed E-state index contributed by atoms with van der Waals surface area (Å²) in [5, 5.41) is 8.49. The lowest BCUT2D eigenvalue weighted by Crippen LogP contribution is -2.35. The zero-order valence-electron chi connectivity index (χ0n) is 13.8. The highest BCUT2D eigenvalue weighted by atomic mass is 15.4. The van der Waals surface area contributed by atoms with Gasteiger partial charge in [0.1, 0.15) is 17.5 Å². The maximum Gasteiger partial charge on any atom is 0.182 e. The number of hydrogen-bond donors (Lipinski definition) is 2. The molecule has 1 aliphatic rings. The van der Waals surface area contributed by atoms with E-state index in [4.69, 9.17) is 5.73 Å². The van der Waals surface area contributed by atoms with Crippen molar-refractivity contribution in [2.24, 2.45) is 5.73 Å². The van der Waals surface area contributed by atoms with Gasteiger partial charge in [0.05, 0.1) is 24.1 Å². The van der Waals surface area contributed by atoms with Crippen LogP contribution in [0.3, 0.4) is 0 Å². The summed E-state index contributed by atoms with van der Waals surface area (Å²) in [5.41, 5.74) is 8.04. The molecule has 0 bridgehead atoms. The van der Waals surface area contributed by atoms with E-state index in [0.717, 1.165) is 43.0 Å². The molecule has 126 valence electrons. The molecular formula is C15H21N9. The molecule has 4 rings (SSSR count). The maximum absolute atomic E-state index is 6.09. The molecule has 0 radical (unpaired) electrons. The van der Waals surface area contributed by atoms with E-state index in [2.05, 4.69) is 35.1 Å². The van der Waals surface area contributed by atoms with Crippen LogP contribution < -0.4 is 10.6 Å². The molecular weight excluding hydrogens is 306 g/mol. The predicted octanol–water partition coefficient (Wildman–Crippen LogP) is 0.980. The van der Waals surface area contributed by atoms with Crippen LogP contribution in [0.5, 0.6) is 0 Å². The lowest BCUT2D eigenvalue weighted by atomic mass is 10.0. The van der Waals surface area contributed by atoms with Gasteiger partial charge >= 0.3 is 0 Å². The molecule has 0 saturated carbocycles. The van der Waals surface area contributed by atoms with Crippen molar-refractivity contribution in [3.8, 4) is 0 Å². The number of nitrogens with one attached hydrogen (secondary N) is 1. The van der Waals surface area contributed by atoms with E-state index in [1.54, 1.807) is 12.7 Å². The van der Waals surface area contributed by atoms with Crippen molar-refractivity contribution in [1.29, 1.82) is 0 Å². The van der Waals surface area contributed by atoms with E-state index in [1.807, 2.05) is 24.7 Å². The van der Waals surface area contributed by atoms with Crippen molar-refractivity contribution < 1.29 is 0 Å². The van der Waals surface area contributed by atoms with Gasteiger partial charge in [0.25, 0.3) is 0 Å². The van der Waals surface area contributed by atoms with Gasteiger partial charge in [-0.15, -0.1) is 5.10 Å². The molecule has 0 aromatic carbocycles. The molecule has 0 spiro atoms.